The summed E-state index contributed by atoms with van der Waals surface area (Å²) in [7, 11) is -0.910. The highest BCUT2D eigenvalue weighted by atomic mass is 32.2. The summed E-state index contributed by atoms with van der Waals surface area (Å²) in [5, 5.41) is 0. The normalized spacial score (nSPS) is 11.7. The summed E-state index contributed by atoms with van der Waals surface area (Å²) in [6, 6.07) is 7.37. The number of amides is 1. The van der Waals surface area contributed by atoms with Crippen LogP contribution in [-0.2, 0) is 24.1 Å². The highest BCUT2D eigenvalue weighted by Crippen LogP contribution is 2.22. The maximum atomic E-state index is 13.5. The minimum Gasteiger partial charge on any atom is -0.366 e. The first kappa shape index (κ1) is 17.7. The van der Waals surface area contributed by atoms with Crippen LogP contribution in [0.5, 0.6) is 0 Å². The molecular weight excluding hydrogens is 363 g/mol. The zero-order valence-corrected chi connectivity index (χ0v) is 14.7. The van der Waals surface area contributed by atoms with Crippen LogP contribution in [0.4, 0.5) is 10.1 Å². The van der Waals surface area contributed by atoms with Gasteiger partial charge in [0.05, 0.1) is 21.5 Å². The largest absolute Gasteiger partial charge is 0.366 e. The lowest BCUT2D eigenvalue weighted by Gasteiger charge is -2.10. The maximum Gasteiger partial charge on any atom is 0.328 e. The summed E-state index contributed by atoms with van der Waals surface area (Å²) in [5.74, 6) is -1.86. The van der Waals surface area contributed by atoms with E-state index >= 15 is 0 Å². The third kappa shape index (κ3) is 2.84. The molecule has 10 heteroatoms. The molecule has 1 heterocycles. The molecule has 1 amide bonds. The van der Waals surface area contributed by atoms with E-state index in [1.165, 1.54) is 40.4 Å². The second kappa shape index (κ2) is 5.99. The monoisotopic (exact) mass is 378 g/mol. The van der Waals surface area contributed by atoms with Crippen LogP contribution in [-0.4, -0.2) is 23.5 Å². The number of nitrogens with two attached hydrogens (primary N) is 1. The highest BCUT2D eigenvalue weighted by Gasteiger charge is 2.18. The highest BCUT2D eigenvalue weighted by molar-refractivity contribution is 7.92. The van der Waals surface area contributed by atoms with Gasteiger partial charge in [-0.2, -0.15) is 0 Å². The van der Waals surface area contributed by atoms with Crippen molar-refractivity contribution in [3.63, 3.8) is 0 Å². The number of primary amides is 1. The molecule has 3 aromatic rings. The Hall–Kier alpha value is -3.14. The van der Waals surface area contributed by atoms with Crippen molar-refractivity contribution in [1.82, 2.24) is 9.13 Å². The van der Waals surface area contributed by atoms with Crippen LogP contribution in [0.25, 0.3) is 11.0 Å². The molecule has 0 saturated carbocycles. The van der Waals surface area contributed by atoms with Crippen molar-refractivity contribution in [2.45, 2.75) is 4.90 Å². The Kier molecular flexibility index (Phi) is 4.07. The van der Waals surface area contributed by atoms with Crippen LogP contribution >= 0.6 is 0 Å². The number of nitrogens with one attached hydrogen (secondary N) is 1. The first-order valence-electron chi connectivity index (χ1n) is 7.39. The van der Waals surface area contributed by atoms with Crippen LogP contribution in [0, 0.1) is 5.82 Å². The number of halogens is 1. The van der Waals surface area contributed by atoms with Gasteiger partial charge in [0.25, 0.3) is 15.9 Å². The lowest BCUT2D eigenvalue weighted by Crippen LogP contribution is -2.19. The number of imidazole rings is 1. The van der Waals surface area contributed by atoms with Gasteiger partial charge in [-0.05, 0) is 36.4 Å². The van der Waals surface area contributed by atoms with E-state index in [1.54, 1.807) is 7.05 Å². The molecule has 0 radical (unpaired) electrons. The van der Waals surface area contributed by atoms with Gasteiger partial charge in [-0.3, -0.25) is 18.7 Å². The summed E-state index contributed by atoms with van der Waals surface area (Å²) in [4.78, 5) is 23.1. The van der Waals surface area contributed by atoms with Crippen LogP contribution in [0.2, 0.25) is 0 Å². The molecule has 0 bridgehead atoms. The molecule has 0 aliphatic rings. The SMILES string of the molecule is Cn1c(=O)n(C)c2cc(S(=O)(=O)Nc3ccc(F)c(C(N)=O)c3)ccc21. The van der Waals surface area contributed by atoms with E-state index in [-0.39, 0.29) is 16.3 Å². The zero-order chi connectivity index (χ0) is 19.2. The Morgan fingerprint density at radius 3 is 2.38 bits per heavy atom. The van der Waals surface area contributed by atoms with Crippen molar-refractivity contribution >= 4 is 32.7 Å². The second-order valence-corrected chi connectivity index (χ2v) is 7.40. The topological polar surface area (TPSA) is 116 Å². The molecule has 26 heavy (non-hydrogen) atoms. The zero-order valence-electron chi connectivity index (χ0n) is 13.9. The average Bonchev–Trinajstić information content (AvgIpc) is 2.80. The fourth-order valence-electron chi connectivity index (χ4n) is 2.65. The van der Waals surface area contributed by atoms with Gasteiger partial charge in [0.2, 0.25) is 0 Å². The number of rotatable bonds is 4. The number of aryl methyl sites for hydroxylation is 2. The fraction of sp³-hybridized carbons (Fsp3) is 0.125. The van der Waals surface area contributed by atoms with Crippen LogP contribution in [0.1, 0.15) is 10.4 Å². The number of carbonyl (C=O) groups excluding carboxylic acids is 1. The number of anilines is 1. The van der Waals surface area contributed by atoms with E-state index in [9.17, 15) is 22.4 Å². The van der Waals surface area contributed by atoms with E-state index in [0.717, 1.165) is 12.1 Å². The van der Waals surface area contributed by atoms with Gasteiger partial charge in [0.15, 0.2) is 0 Å². The third-order valence-electron chi connectivity index (χ3n) is 4.04. The van der Waals surface area contributed by atoms with Crippen LogP contribution < -0.4 is 16.1 Å². The fourth-order valence-corrected chi connectivity index (χ4v) is 3.71. The second-order valence-electron chi connectivity index (χ2n) is 5.72. The molecule has 3 N–H and O–H groups in total. The summed E-state index contributed by atoms with van der Waals surface area (Å²) < 4.78 is 43.7. The number of aromatic nitrogens is 2. The molecule has 0 aliphatic heterocycles. The van der Waals surface area contributed by atoms with Crippen molar-refractivity contribution in [2.24, 2.45) is 19.8 Å². The van der Waals surface area contributed by atoms with Crippen molar-refractivity contribution in [1.29, 1.82) is 0 Å². The summed E-state index contributed by atoms with van der Waals surface area (Å²) >= 11 is 0. The molecule has 3 rings (SSSR count). The molecule has 0 unspecified atom stereocenters. The quantitative estimate of drug-likeness (QED) is 0.702. The molecule has 0 saturated heterocycles. The van der Waals surface area contributed by atoms with E-state index in [0.29, 0.717) is 11.0 Å². The third-order valence-corrected chi connectivity index (χ3v) is 5.42. The van der Waals surface area contributed by atoms with Gasteiger partial charge in [0, 0.05) is 19.8 Å². The van der Waals surface area contributed by atoms with E-state index in [1.807, 2.05) is 0 Å². The molecule has 0 aliphatic carbocycles. The number of benzene rings is 2. The Morgan fingerprint density at radius 2 is 1.73 bits per heavy atom. The molecule has 0 spiro atoms. The van der Waals surface area contributed by atoms with Gasteiger partial charge in [-0.25, -0.2) is 17.6 Å². The minimum atomic E-state index is -4.03. The van der Waals surface area contributed by atoms with Crippen molar-refractivity contribution in [2.75, 3.05) is 4.72 Å². The Balaban J connectivity index is 2.05. The number of hydrogen-bond donors (Lipinski definition) is 2. The lowest BCUT2D eigenvalue weighted by molar-refractivity contribution is 0.0996. The summed E-state index contributed by atoms with van der Waals surface area (Å²) in [6.45, 7) is 0. The predicted octanol–water partition coefficient (Wildman–Crippen LogP) is 0.916. The van der Waals surface area contributed by atoms with Crippen molar-refractivity contribution < 1.29 is 17.6 Å². The molecule has 8 nitrogen and oxygen atoms in total. The van der Waals surface area contributed by atoms with E-state index in [2.05, 4.69) is 4.72 Å². The molecular formula is C16H15FN4O4S. The molecule has 2 aromatic carbocycles. The Morgan fingerprint density at radius 1 is 1.08 bits per heavy atom. The van der Waals surface area contributed by atoms with Crippen molar-refractivity contribution in [3.05, 3.63) is 58.3 Å². The standard InChI is InChI=1S/C16H15FN4O4S/c1-20-13-6-4-10(8-14(13)21(2)16(20)23)26(24,25)19-9-3-5-12(17)11(7-9)15(18)22/h3-8,19H,1-2H3,(H2,18,22). The average molecular weight is 378 g/mol. The van der Waals surface area contributed by atoms with Crippen LogP contribution in [0.3, 0.4) is 0 Å². The molecule has 1 aromatic heterocycles. The lowest BCUT2D eigenvalue weighted by atomic mass is 10.2. The number of fused-ring (bicyclic) bond motifs is 1. The van der Waals surface area contributed by atoms with Gasteiger partial charge >= 0.3 is 5.69 Å². The number of nitrogens with zero attached hydrogens (tertiary/aromatic N) is 2. The Bertz CT molecular complexity index is 1210. The number of hydrogen-bond acceptors (Lipinski definition) is 4. The predicted molar refractivity (Wildman–Crippen MR) is 93.9 cm³/mol. The number of sulfonamides is 1. The van der Waals surface area contributed by atoms with E-state index < -0.39 is 27.3 Å². The summed E-state index contributed by atoms with van der Waals surface area (Å²) in [6.07, 6.45) is 0. The minimum absolute atomic E-state index is 0.0118. The molecule has 136 valence electrons. The number of carbonyl (C=O) groups is 1. The summed E-state index contributed by atoms with van der Waals surface area (Å²) in [5.41, 5.74) is 5.36. The first-order chi connectivity index (χ1) is 12.1. The maximum absolute atomic E-state index is 13.5. The van der Waals surface area contributed by atoms with Gasteiger partial charge in [0.1, 0.15) is 5.82 Å². The van der Waals surface area contributed by atoms with Gasteiger partial charge in [-0.15, -0.1) is 0 Å². The van der Waals surface area contributed by atoms with E-state index in [4.69, 9.17) is 5.73 Å². The molecule has 0 fully saturated rings. The molecule has 0 atom stereocenters. The van der Waals surface area contributed by atoms with Crippen LogP contribution in [0.15, 0.2) is 46.1 Å². The van der Waals surface area contributed by atoms with Gasteiger partial charge < -0.3 is 5.73 Å². The Labute approximate surface area is 147 Å². The smallest absolute Gasteiger partial charge is 0.328 e. The van der Waals surface area contributed by atoms with Gasteiger partial charge in [-0.1, -0.05) is 0 Å². The van der Waals surface area contributed by atoms with Crippen molar-refractivity contribution in [3.8, 4) is 0 Å². The first-order valence-corrected chi connectivity index (χ1v) is 8.88.